The zero-order valence-corrected chi connectivity index (χ0v) is 14.6. The van der Waals surface area contributed by atoms with Gasteiger partial charge in [0, 0.05) is 36.0 Å². The molecule has 1 N–H and O–H groups in total. The molecule has 0 aliphatic carbocycles. The number of hydrogen-bond donors (Lipinski definition) is 1. The minimum Gasteiger partial charge on any atom is -0.262 e. The summed E-state index contributed by atoms with van der Waals surface area (Å²) in [6, 6.07) is 1.20. The third-order valence-corrected chi connectivity index (χ3v) is 6.46. The van der Waals surface area contributed by atoms with E-state index in [4.69, 9.17) is 0 Å². The van der Waals surface area contributed by atoms with Crippen LogP contribution < -0.4 is 4.72 Å². The van der Waals surface area contributed by atoms with Crippen LogP contribution in [0.2, 0.25) is 0 Å². The lowest BCUT2D eigenvalue weighted by atomic mass is 10.1. The summed E-state index contributed by atoms with van der Waals surface area (Å²) in [5.41, 5.74) is 0. The second-order valence-corrected chi connectivity index (χ2v) is 9.51. The van der Waals surface area contributed by atoms with Gasteiger partial charge in [0.25, 0.3) is 0 Å². The molecule has 0 aromatic carbocycles. The van der Waals surface area contributed by atoms with Crippen LogP contribution in [0.15, 0.2) is 27.8 Å². The molecule has 7 nitrogen and oxygen atoms in total. The van der Waals surface area contributed by atoms with E-state index in [1.165, 1.54) is 22.8 Å². The number of sulfonamides is 2. The van der Waals surface area contributed by atoms with Crippen LogP contribution in [0, 0.1) is 0 Å². The van der Waals surface area contributed by atoms with Crippen molar-refractivity contribution >= 4 is 36.0 Å². The fourth-order valence-electron chi connectivity index (χ4n) is 2.13. The van der Waals surface area contributed by atoms with Gasteiger partial charge in [0.15, 0.2) is 0 Å². The molecular formula is C11H16BrN3O4S2. The number of hydrogen-bond acceptors (Lipinski definition) is 5. The van der Waals surface area contributed by atoms with Crippen molar-refractivity contribution in [2.24, 2.45) is 0 Å². The van der Waals surface area contributed by atoms with Gasteiger partial charge in [0.2, 0.25) is 20.0 Å². The third-order valence-electron chi connectivity index (χ3n) is 3.23. The third kappa shape index (κ3) is 4.46. The van der Waals surface area contributed by atoms with Crippen molar-refractivity contribution in [2.75, 3.05) is 19.3 Å². The monoisotopic (exact) mass is 397 g/mol. The standard InChI is InChI=1S/C11H16BrN3O4S2/c1-20(16,17)15-4-2-10(3-5-15)14-21(18,19)11-6-9(12)7-13-8-11/h6-8,10,14H,2-5H2,1H3. The summed E-state index contributed by atoms with van der Waals surface area (Å²) < 4.78 is 51.8. The summed E-state index contributed by atoms with van der Waals surface area (Å²) in [5, 5.41) is 0. The zero-order chi connectivity index (χ0) is 15.7. The first-order valence-electron chi connectivity index (χ1n) is 6.26. The van der Waals surface area contributed by atoms with Crippen molar-refractivity contribution in [3.05, 3.63) is 22.9 Å². The van der Waals surface area contributed by atoms with Gasteiger partial charge < -0.3 is 0 Å². The van der Waals surface area contributed by atoms with Crippen molar-refractivity contribution in [1.29, 1.82) is 0 Å². The highest BCUT2D eigenvalue weighted by Gasteiger charge is 2.28. The van der Waals surface area contributed by atoms with Gasteiger partial charge in [-0.15, -0.1) is 0 Å². The van der Waals surface area contributed by atoms with Gasteiger partial charge >= 0.3 is 0 Å². The lowest BCUT2D eigenvalue weighted by molar-refractivity contribution is 0.310. The average molecular weight is 398 g/mol. The number of halogens is 1. The molecule has 1 saturated heterocycles. The molecule has 118 valence electrons. The zero-order valence-electron chi connectivity index (χ0n) is 11.4. The van der Waals surface area contributed by atoms with E-state index in [2.05, 4.69) is 25.6 Å². The van der Waals surface area contributed by atoms with E-state index < -0.39 is 20.0 Å². The molecule has 1 aromatic heterocycles. The maximum Gasteiger partial charge on any atom is 0.242 e. The van der Waals surface area contributed by atoms with Gasteiger partial charge in [0.05, 0.1) is 6.26 Å². The summed E-state index contributed by atoms with van der Waals surface area (Å²) in [6.07, 6.45) is 4.84. The molecular weight excluding hydrogens is 382 g/mol. The van der Waals surface area contributed by atoms with Gasteiger partial charge in [-0.3, -0.25) is 4.98 Å². The first-order chi connectivity index (χ1) is 9.68. The van der Waals surface area contributed by atoms with Crippen LogP contribution in [-0.4, -0.2) is 51.5 Å². The highest BCUT2D eigenvalue weighted by molar-refractivity contribution is 9.10. The second kappa shape index (κ2) is 6.29. The second-order valence-electron chi connectivity index (χ2n) is 4.90. The summed E-state index contributed by atoms with van der Waals surface area (Å²) >= 11 is 3.18. The number of aromatic nitrogens is 1. The average Bonchev–Trinajstić information content (AvgIpc) is 2.38. The predicted octanol–water partition coefficient (Wildman–Crippen LogP) is 0.546. The first-order valence-corrected chi connectivity index (χ1v) is 10.4. The smallest absolute Gasteiger partial charge is 0.242 e. The predicted molar refractivity (Wildman–Crippen MR) is 81.7 cm³/mol. The van der Waals surface area contributed by atoms with Crippen LogP contribution >= 0.6 is 15.9 Å². The minimum atomic E-state index is -3.65. The molecule has 0 atom stereocenters. The highest BCUT2D eigenvalue weighted by Crippen LogP contribution is 2.18. The lowest BCUT2D eigenvalue weighted by Gasteiger charge is -2.30. The number of nitrogens with zero attached hydrogens (tertiary/aromatic N) is 2. The van der Waals surface area contributed by atoms with E-state index in [-0.39, 0.29) is 10.9 Å². The van der Waals surface area contributed by atoms with Crippen molar-refractivity contribution in [3.8, 4) is 0 Å². The molecule has 2 heterocycles. The molecule has 0 saturated carbocycles. The van der Waals surface area contributed by atoms with Crippen molar-refractivity contribution < 1.29 is 16.8 Å². The van der Waals surface area contributed by atoms with Crippen molar-refractivity contribution in [1.82, 2.24) is 14.0 Å². The molecule has 21 heavy (non-hydrogen) atoms. The Morgan fingerprint density at radius 2 is 1.86 bits per heavy atom. The van der Waals surface area contributed by atoms with Crippen LogP contribution in [0.5, 0.6) is 0 Å². The van der Waals surface area contributed by atoms with Crippen LogP contribution in [0.1, 0.15) is 12.8 Å². The van der Waals surface area contributed by atoms with Gasteiger partial charge in [-0.05, 0) is 34.8 Å². The quantitative estimate of drug-likeness (QED) is 0.799. The SMILES string of the molecule is CS(=O)(=O)N1CCC(NS(=O)(=O)c2cncc(Br)c2)CC1. The van der Waals surface area contributed by atoms with Crippen LogP contribution in [-0.2, 0) is 20.0 Å². The molecule has 10 heteroatoms. The van der Waals surface area contributed by atoms with Gasteiger partial charge in [-0.1, -0.05) is 0 Å². The Morgan fingerprint density at radius 3 is 2.38 bits per heavy atom. The molecule has 1 aliphatic heterocycles. The lowest BCUT2D eigenvalue weighted by Crippen LogP contribution is -2.46. The van der Waals surface area contributed by atoms with E-state index in [9.17, 15) is 16.8 Å². The number of piperidine rings is 1. The molecule has 1 aliphatic rings. The fourth-order valence-corrected chi connectivity index (χ4v) is 4.81. The molecule has 1 fully saturated rings. The van der Waals surface area contributed by atoms with Crippen LogP contribution in [0.4, 0.5) is 0 Å². The molecule has 0 unspecified atom stereocenters. The highest BCUT2D eigenvalue weighted by atomic mass is 79.9. The Bertz CT molecular complexity index is 713. The minimum absolute atomic E-state index is 0.0856. The Balaban J connectivity index is 2.03. The Hall–Kier alpha value is -0.550. The summed E-state index contributed by atoms with van der Waals surface area (Å²) in [6.45, 7) is 0.644. The first kappa shape index (κ1) is 16.8. The summed E-state index contributed by atoms with van der Waals surface area (Å²) in [4.78, 5) is 3.92. The van der Waals surface area contributed by atoms with E-state index in [0.29, 0.717) is 30.4 Å². The van der Waals surface area contributed by atoms with Gasteiger partial charge in [-0.2, -0.15) is 0 Å². The van der Waals surface area contributed by atoms with Crippen molar-refractivity contribution in [3.63, 3.8) is 0 Å². The topological polar surface area (TPSA) is 96.4 Å². The molecule has 0 radical (unpaired) electrons. The molecule has 0 amide bonds. The van der Waals surface area contributed by atoms with Gasteiger partial charge in [0.1, 0.15) is 4.90 Å². The maximum atomic E-state index is 12.2. The molecule has 0 spiro atoms. The number of pyridine rings is 1. The molecule has 1 aromatic rings. The van der Waals surface area contributed by atoms with E-state index >= 15 is 0 Å². The maximum absolute atomic E-state index is 12.2. The summed E-state index contributed by atoms with van der Waals surface area (Å²) in [7, 11) is -6.86. The van der Waals surface area contributed by atoms with Crippen LogP contribution in [0.3, 0.4) is 0 Å². The van der Waals surface area contributed by atoms with Crippen molar-refractivity contribution in [2.45, 2.75) is 23.8 Å². The largest absolute Gasteiger partial charge is 0.262 e. The fraction of sp³-hybridized carbons (Fsp3) is 0.545. The Kier molecular flexibility index (Phi) is 5.03. The molecule has 0 bridgehead atoms. The number of nitrogens with one attached hydrogen (secondary N) is 1. The van der Waals surface area contributed by atoms with E-state index in [0.717, 1.165) is 6.26 Å². The van der Waals surface area contributed by atoms with Crippen LogP contribution in [0.25, 0.3) is 0 Å². The van der Waals surface area contributed by atoms with E-state index in [1.807, 2.05) is 0 Å². The van der Waals surface area contributed by atoms with E-state index in [1.54, 1.807) is 0 Å². The molecule has 2 rings (SSSR count). The van der Waals surface area contributed by atoms with Gasteiger partial charge in [-0.25, -0.2) is 25.9 Å². The normalized spacial score (nSPS) is 18.8. The Labute approximate surface area is 133 Å². The number of rotatable bonds is 4. The Morgan fingerprint density at radius 1 is 1.24 bits per heavy atom. The summed E-state index contributed by atoms with van der Waals surface area (Å²) in [5.74, 6) is 0.